The van der Waals surface area contributed by atoms with Gasteiger partial charge in [0.15, 0.2) is 0 Å². The van der Waals surface area contributed by atoms with Gasteiger partial charge in [-0.25, -0.2) is 12.7 Å². The molecule has 0 fully saturated rings. The normalized spacial score (nSPS) is 12.8. The third-order valence-corrected chi connectivity index (χ3v) is 4.60. The maximum Gasteiger partial charge on any atom is 1.00 e. The Bertz CT molecular complexity index is 616. The molecule has 1 aromatic carbocycles. The van der Waals surface area contributed by atoms with Crippen molar-refractivity contribution in [1.82, 2.24) is 4.31 Å². The third-order valence-electron chi connectivity index (χ3n) is 2.09. The zero-order chi connectivity index (χ0) is 14.1. The van der Waals surface area contributed by atoms with Gasteiger partial charge in [-0.3, -0.25) is 14.3 Å². The molecule has 1 aromatic rings. The second-order valence-electron chi connectivity index (χ2n) is 3.41. The van der Waals surface area contributed by atoms with Crippen LogP contribution in [0.3, 0.4) is 0 Å². The Kier molecular flexibility index (Phi) is 6.75. The number of hydrogen-bond acceptors (Lipinski definition) is 6. The van der Waals surface area contributed by atoms with E-state index in [4.69, 9.17) is 0 Å². The first kappa shape index (κ1) is 18.6. The minimum absolute atomic E-state index is 0. The van der Waals surface area contributed by atoms with Crippen LogP contribution < -0.4 is 29.6 Å². The van der Waals surface area contributed by atoms with E-state index in [-0.39, 0.29) is 34.5 Å². The molecule has 0 aromatic heterocycles. The molecule has 1 unspecified atom stereocenters. The third kappa shape index (κ3) is 4.05. The zero-order valence-corrected chi connectivity index (χ0v) is 14.0. The van der Waals surface area contributed by atoms with Crippen molar-refractivity contribution in [3.63, 3.8) is 0 Å². The van der Waals surface area contributed by atoms with Crippen LogP contribution in [0.4, 0.5) is 5.69 Å². The predicted octanol–water partition coefficient (Wildman–Crippen LogP) is -2.91. The molecule has 1 rings (SSSR count). The molecule has 0 N–H and O–H groups in total. The summed E-state index contributed by atoms with van der Waals surface area (Å²) in [6.45, 7) is 0. The van der Waals surface area contributed by atoms with Gasteiger partial charge in [0.05, 0.1) is 9.82 Å². The molecule has 0 heterocycles. The molecule has 0 saturated heterocycles. The van der Waals surface area contributed by atoms with Gasteiger partial charge in [0.2, 0.25) is 10.0 Å². The fraction of sp³-hybridized carbons (Fsp3) is 0.250. The van der Waals surface area contributed by atoms with Crippen molar-refractivity contribution >= 4 is 26.8 Å². The van der Waals surface area contributed by atoms with Crippen molar-refractivity contribution in [1.29, 1.82) is 0 Å². The summed E-state index contributed by atoms with van der Waals surface area (Å²) >= 11 is -2.81. The van der Waals surface area contributed by atoms with E-state index in [1.807, 2.05) is 0 Å². The number of benzene rings is 1. The van der Waals surface area contributed by atoms with Crippen LogP contribution in [-0.4, -0.2) is 40.5 Å². The standard InChI is InChI=1S/C8H10N2O6S2.Na/c1-9(2)18(15,16)6-3-4-8(17(13)14)7(5-6)10(11)12;/h3-5H,1-2H3,(H,13,14);/q;+1/p-1. The molecule has 0 aliphatic heterocycles. The molecule has 1 atom stereocenters. The summed E-state index contributed by atoms with van der Waals surface area (Å²) in [6, 6.07) is 2.62. The number of hydrogen-bond donors (Lipinski definition) is 0. The van der Waals surface area contributed by atoms with Gasteiger partial charge in [-0.05, 0) is 23.2 Å². The van der Waals surface area contributed by atoms with Crippen LogP contribution in [0.5, 0.6) is 0 Å². The molecule has 0 radical (unpaired) electrons. The first-order valence-corrected chi connectivity index (χ1v) is 6.99. The quantitative estimate of drug-likeness (QED) is 0.254. The molecular weight excluding hydrogens is 307 g/mol. The van der Waals surface area contributed by atoms with Crippen LogP contribution in [0.25, 0.3) is 0 Å². The number of rotatable bonds is 4. The Morgan fingerprint density at radius 3 is 2.21 bits per heavy atom. The number of nitro groups is 1. The van der Waals surface area contributed by atoms with Gasteiger partial charge >= 0.3 is 29.6 Å². The number of nitrogens with zero attached hydrogens (tertiary/aromatic N) is 2. The number of nitro benzene ring substituents is 1. The van der Waals surface area contributed by atoms with Crippen molar-refractivity contribution < 1.29 is 51.7 Å². The average Bonchev–Trinajstić information content (AvgIpc) is 2.27. The summed E-state index contributed by atoms with van der Waals surface area (Å²) in [5.74, 6) is 0. The molecule has 0 aliphatic carbocycles. The summed E-state index contributed by atoms with van der Waals surface area (Å²) in [5, 5.41) is 10.7. The number of sulfonamides is 1. The first-order valence-electron chi connectivity index (χ1n) is 4.48. The van der Waals surface area contributed by atoms with Gasteiger partial charge in [0.1, 0.15) is 4.90 Å². The molecule has 8 nitrogen and oxygen atoms in total. The van der Waals surface area contributed by atoms with E-state index < -0.39 is 36.6 Å². The summed E-state index contributed by atoms with van der Waals surface area (Å²) in [4.78, 5) is 8.86. The molecule has 0 bridgehead atoms. The predicted molar refractivity (Wildman–Crippen MR) is 61.2 cm³/mol. The van der Waals surface area contributed by atoms with Crippen LogP contribution in [0.15, 0.2) is 28.0 Å². The van der Waals surface area contributed by atoms with E-state index in [2.05, 4.69) is 0 Å². The van der Waals surface area contributed by atoms with E-state index in [0.29, 0.717) is 0 Å². The SMILES string of the molecule is CN(C)S(=O)(=O)c1ccc(S(=O)[O-])c([N+](=O)[O-])c1.[Na+]. The summed E-state index contributed by atoms with van der Waals surface area (Å²) in [6.07, 6.45) is 0. The zero-order valence-electron chi connectivity index (χ0n) is 10.4. The van der Waals surface area contributed by atoms with Crippen LogP contribution in [0, 0.1) is 10.1 Å². The summed E-state index contributed by atoms with van der Waals surface area (Å²) in [7, 11) is -1.32. The second kappa shape index (κ2) is 6.88. The van der Waals surface area contributed by atoms with E-state index in [1.54, 1.807) is 0 Å². The van der Waals surface area contributed by atoms with Gasteiger partial charge in [0.25, 0.3) is 5.69 Å². The molecule has 0 amide bonds. The summed E-state index contributed by atoms with van der Waals surface area (Å²) < 4.78 is 45.9. The fourth-order valence-electron chi connectivity index (χ4n) is 1.15. The Morgan fingerprint density at radius 1 is 1.32 bits per heavy atom. The Labute approximate surface area is 134 Å². The van der Waals surface area contributed by atoms with Crippen molar-refractivity contribution in [2.75, 3.05) is 14.1 Å². The molecule has 11 heteroatoms. The van der Waals surface area contributed by atoms with E-state index in [9.17, 15) is 27.3 Å². The van der Waals surface area contributed by atoms with Gasteiger partial charge in [-0.15, -0.1) is 0 Å². The Balaban J connectivity index is 0.00000324. The monoisotopic (exact) mass is 316 g/mol. The minimum Gasteiger partial charge on any atom is -0.768 e. The molecule has 0 spiro atoms. The van der Waals surface area contributed by atoms with Gasteiger partial charge in [-0.2, -0.15) is 0 Å². The minimum atomic E-state index is -3.85. The Hall–Kier alpha value is -0.360. The molecule has 19 heavy (non-hydrogen) atoms. The topological polar surface area (TPSA) is 121 Å². The van der Waals surface area contributed by atoms with Crippen molar-refractivity contribution in [2.24, 2.45) is 0 Å². The van der Waals surface area contributed by atoms with E-state index in [0.717, 1.165) is 22.5 Å². The summed E-state index contributed by atoms with van der Waals surface area (Å²) in [5.41, 5.74) is -0.772. The van der Waals surface area contributed by atoms with Crippen molar-refractivity contribution in [2.45, 2.75) is 9.79 Å². The van der Waals surface area contributed by atoms with Crippen LogP contribution >= 0.6 is 0 Å². The van der Waals surface area contributed by atoms with Crippen molar-refractivity contribution in [3.05, 3.63) is 28.3 Å². The maximum atomic E-state index is 11.7. The smallest absolute Gasteiger partial charge is 0.768 e. The molecule has 0 aliphatic rings. The fourth-order valence-corrected chi connectivity index (χ4v) is 2.56. The maximum absolute atomic E-state index is 11.7. The molecular formula is C8H9N2NaO6S2. The second-order valence-corrected chi connectivity index (χ2v) is 6.47. The molecule has 100 valence electrons. The molecule has 0 saturated carbocycles. The van der Waals surface area contributed by atoms with Crippen LogP contribution in [0.1, 0.15) is 0 Å². The first-order chi connectivity index (χ1) is 8.17. The largest absolute Gasteiger partial charge is 1.00 e. The van der Waals surface area contributed by atoms with Gasteiger partial charge in [0, 0.05) is 20.2 Å². The van der Waals surface area contributed by atoms with E-state index >= 15 is 0 Å². The van der Waals surface area contributed by atoms with Gasteiger partial charge in [-0.1, -0.05) is 0 Å². The Morgan fingerprint density at radius 2 is 1.84 bits per heavy atom. The van der Waals surface area contributed by atoms with E-state index in [1.165, 1.54) is 14.1 Å². The van der Waals surface area contributed by atoms with Crippen LogP contribution in [-0.2, 0) is 21.1 Å². The average molecular weight is 316 g/mol. The van der Waals surface area contributed by atoms with Gasteiger partial charge < -0.3 is 4.55 Å². The van der Waals surface area contributed by atoms with Crippen molar-refractivity contribution in [3.8, 4) is 0 Å². The van der Waals surface area contributed by atoms with Crippen LogP contribution in [0.2, 0.25) is 0 Å².